The highest BCUT2D eigenvalue weighted by Crippen LogP contribution is 2.48. The number of carbonyl (C=O) groups is 2. The molecule has 104 valence electrons. The summed E-state index contributed by atoms with van der Waals surface area (Å²) < 4.78 is 0. The lowest BCUT2D eigenvalue weighted by atomic mass is 9.56. The van der Waals surface area contributed by atoms with Gasteiger partial charge in [-0.15, -0.1) is 0 Å². The van der Waals surface area contributed by atoms with Crippen LogP contribution in [0.4, 0.5) is 0 Å². The van der Waals surface area contributed by atoms with Crippen molar-refractivity contribution in [2.24, 2.45) is 23.2 Å². The first-order chi connectivity index (χ1) is 8.76. The second-order valence-corrected chi connectivity index (χ2v) is 6.05. The minimum Gasteiger partial charge on any atom is -0.300 e. The largest absolute Gasteiger partial charge is 0.300 e. The van der Waals surface area contributed by atoms with Crippen LogP contribution >= 0.6 is 0 Å². The predicted octanol–water partition coefficient (Wildman–Crippen LogP) is 3.30. The van der Waals surface area contributed by atoms with Crippen molar-refractivity contribution in [3.63, 3.8) is 0 Å². The molecule has 1 fully saturated rings. The van der Waals surface area contributed by atoms with Crippen molar-refractivity contribution in [3.05, 3.63) is 12.2 Å². The average molecular weight is 261 g/mol. The zero-order valence-corrected chi connectivity index (χ0v) is 12.3. The van der Waals surface area contributed by atoms with Gasteiger partial charge in [0.15, 0.2) is 5.78 Å². The van der Waals surface area contributed by atoms with Crippen molar-refractivity contribution in [2.75, 3.05) is 0 Å². The summed E-state index contributed by atoms with van der Waals surface area (Å²) in [4.78, 5) is 23.9. The number of carbonyl (C=O) groups excluding carboxylic acids is 2. The van der Waals surface area contributed by atoms with E-state index in [9.17, 15) is 14.9 Å². The number of nitriles is 1. The molecule has 0 aromatic heterocycles. The van der Waals surface area contributed by atoms with Crippen LogP contribution in [-0.2, 0) is 9.59 Å². The molecule has 4 atom stereocenters. The molecule has 0 aromatic rings. The van der Waals surface area contributed by atoms with Gasteiger partial charge in [0.2, 0.25) is 0 Å². The zero-order chi connectivity index (χ0) is 14.8. The van der Waals surface area contributed by atoms with Gasteiger partial charge in [-0.25, -0.2) is 0 Å². The lowest BCUT2D eigenvalue weighted by Gasteiger charge is -2.43. The molecule has 1 aliphatic rings. The van der Waals surface area contributed by atoms with Crippen molar-refractivity contribution in [1.82, 2.24) is 0 Å². The van der Waals surface area contributed by atoms with E-state index in [-0.39, 0.29) is 35.7 Å². The van der Waals surface area contributed by atoms with Crippen LogP contribution in [0.15, 0.2) is 12.2 Å². The second kappa shape index (κ2) is 5.69. The zero-order valence-electron chi connectivity index (χ0n) is 12.3. The molecule has 0 N–H and O–H groups in total. The molecule has 1 aliphatic carbocycles. The van der Waals surface area contributed by atoms with Crippen LogP contribution in [0.2, 0.25) is 0 Å². The number of nitrogens with zero attached hydrogens (tertiary/aromatic N) is 1. The summed E-state index contributed by atoms with van der Waals surface area (Å²) in [6.45, 7) is 11.3. The molecule has 1 saturated carbocycles. The quantitative estimate of drug-likeness (QED) is 0.729. The summed E-state index contributed by atoms with van der Waals surface area (Å²) in [6.07, 6.45) is 1.41. The highest BCUT2D eigenvalue weighted by molar-refractivity contribution is 5.91. The Hall–Kier alpha value is -1.43. The highest BCUT2D eigenvalue weighted by Gasteiger charge is 2.52. The maximum absolute atomic E-state index is 12.6. The van der Waals surface area contributed by atoms with E-state index >= 15 is 0 Å². The monoisotopic (exact) mass is 261 g/mol. The number of Topliss-reactive ketones (excluding diaryl/α,β-unsaturated/α-hetero) is 2. The third-order valence-corrected chi connectivity index (χ3v) is 4.57. The van der Waals surface area contributed by atoms with Crippen LogP contribution in [0.5, 0.6) is 0 Å². The van der Waals surface area contributed by atoms with Crippen molar-refractivity contribution < 1.29 is 9.59 Å². The molecule has 0 aliphatic heterocycles. The lowest BCUT2D eigenvalue weighted by molar-refractivity contribution is -0.138. The molecule has 0 unspecified atom stereocenters. The predicted molar refractivity (Wildman–Crippen MR) is 74.2 cm³/mol. The molecule has 0 bridgehead atoms. The van der Waals surface area contributed by atoms with Gasteiger partial charge < -0.3 is 4.79 Å². The molecule has 19 heavy (non-hydrogen) atoms. The topological polar surface area (TPSA) is 57.9 Å². The Morgan fingerprint density at radius 1 is 1.47 bits per heavy atom. The first-order valence-electron chi connectivity index (χ1n) is 6.86. The molecule has 1 rings (SSSR count). The minimum atomic E-state index is -1.05. The molecular weight excluding hydrogens is 238 g/mol. The molecule has 0 aromatic carbocycles. The van der Waals surface area contributed by atoms with Gasteiger partial charge in [0.05, 0.1) is 6.07 Å². The van der Waals surface area contributed by atoms with Gasteiger partial charge >= 0.3 is 0 Å². The molecule has 0 heterocycles. The fourth-order valence-corrected chi connectivity index (χ4v) is 3.09. The summed E-state index contributed by atoms with van der Waals surface area (Å²) in [5.41, 5.74) is -0.180. The van der Waals surface area contributed by atoms with E-state index in [0.717, 1.165) is 12.0 Å². The molecule has 0 saturated heterocycles. The van der Waals surface area contributed by atoms with Gasteiger partial charge in [-0.05, 0) is 32.6 Å². The minimum absolute atomic E-state index is 0.0111. The van der Waals surface area contributed by atoms with Gasteiger partial charge in [-0.1, -0.05) is 26.0 Å². The first kappa shape index (κ1) is 15.6. The fraction of sp³-hybridized carbons (Fsp3) is 0.688. The maximum Gasteiger partial charge on any atom is 0.156 e. The van der Waals surface area contributed by atoms with Gasteiger partial charge in [-0.2, -0.15) is 5.26 Å². The van der Waals surface area contributed by atoms with Crippen molar-refractivity contribution in [1.29, 1.82) is 5.26 Å². The van der Waals surface area contributed by atoms with E-state index in [0.29, 0.717) is 6.42 Å². The summed E-state index contributed by atoms with van der Waals surface area (Å²) in [5.74, 6) is 0.0166. The normalized spacial score (nSPS) is 34.7. The molecule has 0 spiro atoms. The van der Waals surface area contributed by atoms with Crippen LogP contribution in [0.1, 0.15) is 47.0 Å². The smallest absolute Gasteiger partial charge is 0.156 e. The number of rotatable bonds is 4. The lowest BCUT2D eigenvalue weighted by Crippen LogP contribution is -2.48. The van der Waals surface area contributed by atoms with Crippen LogP contribution < -0.4 is 0 Å². The van der Waals surface area contributed by atoms with Crippen molar-refractivity contribution in [3.8, 4) is 6.07 Å². The average Bonchev–Trinajstić information content (AvgIpc) is 2.34. The van der Waals surface area contributed by atoms with Crippen LogP contribution in [-0.4, -0.2) is 11.6 Å². The third-order valence-electron chi connectivity index (χ3n) is 4.57. The van der Waals surface area contributed by atoms with Crippen LogP contribution in [0, 0.1) is 34.5 Å². The Balaban J connectivity index is 3.20. The number of allylic oxidation sites excluding steroid dienone is 1. The Kier molecular flexibility index (Phi) is 4.68. The van der Waals surface area contributed by atoms with Crippen LogP contribution in [0.3, 0.4) is 0 Å². The number of ketones is 2. The SMILES string of the molecule is C=C(C)[C@@H]1C[C@@H](C)[C@H](C)C(=O)[C@@]1(C#N)CCC(C)=O. The van der Waals surface area contributed by atoms with Crippen LogP contribution in [0.25, 0.3) is 0 Å². The molecule has 0 amide bonds. The van der Waals surface area contributed by atoms with Gasteiger partial charge in [0.1, 0.15) is 11.2 Å². The van der Waals surface area contributed by atoms with E-state index in [1.165, 1.54) is 6.92 Å². The molecule has 3 heteroatoms. The van der Waals surface area contributed by atoms with Crippen molar-refractivity contribution >= 4 is 11.6 Å². The third kappa shape index (κ3) is 2.78. The molecule has 3 nitrogen and oxygen atoms in total. The van der Waals surface area contributed by atoms with Crippen molar-refractivity contribution in [2.45, 2.75) is 47.0 Å². The number of hydrogen-bond acceptors (Lipinski definition) is 3. The molecule has 0 radical (unpaired) electrons. The van der Waals surface area contributed by atoms with Gasteiger partial charge in [0.25, 0.3) is 0 Å². The summed E-state index contributed by atoms with van der Waals surface area (Å²) in [6, 6.07) is 2.24. The second-order valence-electron chi connectivity index (χ2n) is 6.05. The highest BCUT2D eigenvalue weighted by atomic mass is 16.1. The Morgan fingerprint density at radius 2 is 2.05 bits per heavy atom. The standard InChI is InChI=1S/C16H23NO2/c1-10(2)14-8-11(3)13(5)15(19)16(14,9-17)7-6-12(4)18/h11,13-14H,1,6-8H2,2-5H3/t11-,13+,14+,16-/m1/s1. The van der Waals surface area contributed by atoms with E-state index in [1.54, 1.807) is 0 Å². The van der Waals surface area contributed by atoms with Gasteiger partial charge in [0, 0.05) is 18.3 Å². The van der Waals surface area contributed by atoms with Gasteiger partial charge in [-0.3, -0.25) is 4.79 Å². The van der Waals surface area contributed by atoms with E-state index in [2.05, 4.69) is 12.6 Å². The fourth-order valence-electron chi connectivity index (χ4n) is 3.09. The summed E-state index contributed by atoms with van der Waals surface area (Å²) in [7, 11) is 0. The molecular formula is C16H23NO2. The Morgan fingerprint density at radius 3 is 2.47 bits per heavy atom. The Bertz CT molecular complexity index is 446. The summed E-state index contributed by atoms with van der Waals surface area (Å²) in [5, 5.41) is 9.62. The first-order valence-corrected chi connectivity index (χ1v) is 6.86. The van der Waals surface area contributed by atoms with E-state index in [4.69, 9.17) is 0 Å². The van der Waals surface area contributed by atoms with E-state index in [1.807, 2.05) is 20.8 Å². The maximum atomic E-state index is 12.6. The number of hydrogen-bond donors (Lipinski definition) is 0. The van der Waals surface area contributed by atoms with E-state index < -0.39 is 5.41 Å². The summed E-state index contributed by atoms with van der Waals surface area (Å²) >= 11 is 0. The Labute approximate surface area is 115 Å².